The zero-order valence-electron chi connectivity index (χ0n) is 18.1. The SMILES string of the molecule is O=C1C(=O)N(CCc2ccc(F)cc2)C(c2cccnc2)/C1=C(/O)c1ccc2c(c1)OCCO2. The molecule has 0 spiro atoms. The topological polar surface area (TPSA) is 89.0 Å². The Hall–Kier alpha value is -4.20. The average molecular weight is 460 g/mol. The first-order chi connectivity index (χ1) is 16.5. The van der Waals surface area contributed by atoms with Crippen LogP contribution in [0.4, 0.5) is 4.39 Å². The third-order valence-corrected chi connectivity index (χ3v) is 5.91. The zero-order valence-corrected chi connectivity index (χ0v) is 18.1. The van der Waals surface area contributed by atoms with E-state index in [1.165, 1.54) is 17.0 Å². The van der Waals surface area contributed by atoms with E-state index >= 15 is 0 Å². The van der Waals surface area contributed by atoms with E-state index < -0.39 is 17.7 Å². The average Bonchev–Trinajstić information content (AvgIpc) is 3.13. The first-order valence-electron chi connectivity index (χ1n) is 10.9. The number of hydrogen-bond donors (Lipinski definition) is 1. The summed E-state index contributed by atoms with van der Waals surface area (Å²) in [6.07, 6.45) is 3.57. The number of likely N-dealkylation sites (tertiary alicyclic amines) is 1. The minimum Gasteiger partial charge on any atom is -0.507 e. The summed E-state index contributed by atoms with van der Waals surface area (Å²) in [5, 5.41) is 11.2. The third-order valence-electron chi connectivity index (χ3n) is 5.91. The van der Waals surface area contributed by atoms with Crippen molar-refractivity contribution in [2.75, 3.05) is 19.8 Å². The van der Waals surface area contributed by atoms with E-state index in [0.717, 1.165) is 5.56 Å². The lowest BCUT2D eigenvalue weighted by molar-refractivity contribution is -0.139. The second-order valence-electron chi connectivity index (χ2n) is 8.01. The van der Waals surface area contributed by atoms with Crippen LogP contribution in [-0.4, -0.2) is 46.4 Å². The number of halogens is 1. The highest BCUT2D eigenvalue weighted by Gasteiger charge is 2.46. The van der Waals surface area contributed by atoms with E-state index in [0.29, 0.717) is 42.3 Å². The van der Waals surface area contributed by atoms with Gasteiger partial charge in [0.25, 0.3) is 11.7 Å². The minimum atomic E-state index is -0.817. The molecule has 1 N–H and O–H groups in total. The first-order valence-corrected chi connectivity index (χ1v) is 10.9. The fourth-order valence-corrected chi connectivity index (χ4v) is 4.24. The highest BCUT2D eigenvalue weighted by atomic mass is 19.1. The Morgan fingerprint density at radius 3 is 2.56 bits per heavy atom. The molecular formula is C26H21FN2O5. The van der Waals surface area contributed by atoms with Gasteiger partial charge in [0.05, 0.1) is 11.6 Å². The highest BCUT2D eigenvalue weighted by Crippen LogP contribution is 2.40. The Balaban J connectivity index is 1.54. The molecule has 0 bridgehead atoms. The summed E-state index contributed by atoms with van der Waals surface area (Å²) < 4.78 is 24.4. The maximum atomic E-state index is 13.3. The smallest absolute Gasteiger partial charge is 0.295 e. The summed E-state index contributed by atoms with van der Waals surface area (Å²) >= 11 is 0. The largest absolute Gasteiger partial charge is 0.507 e. The van der Waals surface area contributed by atoms with Crippen molar-refractivity contribution in [3.63, 3.8) is 0 Å². The van der Waals surface area contributed by atoms with Gasteiger partial charge in [-0.1, -0.05) is 18.2 Å². The van der Waals surface area contributed by atoms with Crippen LogP contribution in [0.1, 0.15) is 22.7 Å². The van der Waals surface area contributed by atoms with Crippen LogP contribution >= 0.6 is 0 Å². The second-order valence-corrected chi connectivity index (χ2v) is 8.01. The Bertz CT molecular complexity index is 1270. The molecule has 3 heterocycles. The lowest BCUT2D eigenvalue weighted by Gasteiger charge is -2.25. The van der Waals surface area contributed by atoms with E-state index in [1.54, 1.807) is 54.9 Å². The first kappa shape index (κ1) is 21.6. The summed E-state index contributed by atoms with van der Waals surface area (Å²) in [5.41, 5.74) is 1.74. The molecule has 0 aliphatic carbocycles. The van der Waals surface area contributed by atoms with Crippen LogP contribution in [0.3, 0.4) is 0 Å². The summed E-state index contributed by atoms with van der Waals surface area (Å²) in [5.74, 6) is -1.13. The van der Waals surface area contributed by atoms with Gasteiger partial charge in [-0.25, -0.2) is 4.39 Å². The Morgan fingerprint density at radius 2 is 1.82 bits per heavy atom. The predicted molar refractivity (Wildman–Crippen MR) is 121 cm³/mol. The quantitative estimate of drug-likeness (QED) is 0.355. The molecule has 2 aliphatic rings. The number of rotatable bonds is 5. The molecule has 2 aliphatic heterocycles. The van der Waals surface area contributed by atoms with Gasteiger partial charge < -0.3 is 19.5 Å². The van der Waals surface area contributed by atoms with Crippen LogP contribution in [0, 0.1) is 5.82 Å². The van der Waals surface area contributed by atoms with E-state index in [1.807, 2.05) is 0 Å². The van der Waals surface area contributed by atoms with Gasteiger partial charge in [-0.05, 0) is 53.9 Å². The molecule has 5 rings (SSSR count). The third kappa shape index (κ3) is 3.98. The van der Waals surface area contributed by atoms with Gasteiger partial charge in [-0.3, -0.25) is 14.6 Å². The normalized spacial score (nSPS) is 18.9. The molecule has 1 amide bonds. The number of hydrogen-bond acceptors (Lipinski definition) is 6. The van der Waals surface area contributed by atoms with Crippen molar-refractivity contribution >= 4 is 17.4 Å². The summed E-state index contributed by atoms with van der Waals surface area (Å²) in [4.78, 5) is 31.7. The lowest BCUT2D eigenvalue weighted by atomic mass is 9.96. The van der Waals surface area contributed by atoms with E-state index in [4.69, 9.17) is 9.47 Å². The number of Topliss-reactive ketones (excluding diaryl/α,β-unsaturated/α-hetero) is 1. The molecule has 1 atom stereocenters. The van der Waals surface area contributed by atoms with Gasteiger partial charge in [0.2, 0.25) is 0 Å². The molecule has 8 heteroatoms. The molecule has 0 saturated carbocycles. The van der Waals surface area contributed by atoms with Crippen molar-refractivity contribution in [3.05, 3.63) is 95.1 Å². The molecule has 1 unspecified atom stereocenters. The Labute approximate surface area is 195 Å². The monoisotopic (exact) mass is 460 g/mol. The van der Waals surface area contributed by atoms with Crippen molar-refractivity contribution in [1.29, 1.82) is 0 Å². The molecule has 3 aromatic rings. The van der Waals surface area contributed by atoms with Crippen molar-refractivity contribution in [3.8, 4) is 11.5 Å². The summed E-state index contributed by atoms with van der Waals surface area (Å²) in [6, 6.07) is 13.5. The van der Waals surface area contributed by atoms with Crippen LogP contribution in [0.2, 0.25) is 0 Å². The molecule has 1 saturated heterocycles. The zero-order chi connectivity index (χ0) is 23.7. The minimum absolute atomic E-state index is 0.0196. The predicted octanol–water partition coefficient (Wildman–Crippen LogP) is 3.66. The fraction of sp³-hybridized carbons (Fsp3) is 0.192. The lowest BCUT2D eigenvalue weighted by Crippen LogP contribution is -2.31. The van der Waals surface area contributed by atoms with Crippen LogP contribution in [0.5, 0.6) is 11.5 Å². The molecule has 172 valence electrons. The number of carbonyl (C=O) groups is 2. The van der Waals surface area contributed by atoms with Gasteiger partial charge >= 0.3 is 0 Å². The maximum Gasteiger partial charge on any atom is 0.295 e. The Morgan fingerprint density at radius 1 is 1.06 bits per heavy atom. The Kier molecular flexibility index (Phi) is 5.71. The standard InChI is InChI=1S/C26H21FN2O5/c27-19-6-3-16(4-7-19)9-11-29-23(18-2-1-10-28-15-18)22(25(31)26(29)32)24(30)17-5-8-20-21(14-17)34-13-12-33-20/h1-8,10,14-15,23,30H,9,11-13H2/b24-22-. The molecule has 7 nitrogen and oxygen atoms in total. The number of aliphatic hydroxyl groups is 1. The molecule has 2 aromatic carbocycles. The van der Waals surface area contributed by atoms with Crippen molar-refractivity contribution < 1.29 is 28.6 Å². The van der Waals surface area contributed by atoms with Gasteiger partial charge in [-0.15, -0.1) is 0 Å². The van der Waals surface area contributed by atoms with Crippen LogP contribution in [-0.2, 0) is 16.0 Å². The van der Waals surface area contributed by atoms with Crippen molar-refractivity contribution in [2.45, 2.75) is 12.5 Å². The maximum absolute atomic E-state index is 13.3. The number of aromatic nitrogens is 1. The number of aliphatic hydroxyl groups excluding tert-OH is 1. The molecule has 1 aromatic heterocycles. The van der Waals surface area contributed by atoms with Crippen molar-refractivity contribution in [1.82, 2.24) is 9.88 Å². The van der Waals surface area contributed by atoms with E-state index in [9.17, 15) is 19.1 Å². The number of nitrogens with zero attached hydrogens (tertiary/aromatic N) is 2. The molecular weight excluding hydrogens is 439 g/mol. The summed E-state index contributed by atoms with van der Waals surface area (Å²) in [6.45, 7) is 1.01. The molecule has 0 radical (unpaired) electrons. The van der Waals surface area contributed by atoms with Crippen LogP contribution in [0.15, 0.2) is 72.6 Å². The number of ether oxygens (including phenoxy) is 2. The van der Waals surface area contributed by atoms with E-state index in [-0.39, 0.29) is 23.7 Å². The second kappa shape index (κ2) is 8.97. The van der Waals surface area contributed by atoms with E-state index in [2.05, 4.69) is 4.98 Å². The number of pyridine rings is 1. The van der Waals surface area contributed by atoms with Crippen molar-refractivity contribution in [2.24, 2.45) is 0 Å². The number of carbonyl (C=O) groups excluding carboxylic acids is 2. The highest BCUT2D eigenvalue weighted by molar-refractivity contribution is 6.46. The van der Waals surface area contributed by atoms with Gasteiger partial charge in [-0.2, -0.15) is 0 Å². The van der Waals surface area contributed by atoms with Crippen LogP contribution < -0.4 is 9.47 Å². The van der Waals surface area contributed by atoms with Crippen LogP contribution in [0.25, 0.3) is 5.76 Å². The summed E-state index contributed by atoms with van der Waals surface area (Å²) in [7, 11) is 0. The number of fused-ring (bicyclic) bond motifs is 1. The molecule has 1 fully saturated rings. The van der Waals surface area contributed by atoms with Gasteiger partial charge in [0.1, 0.15) is 24.8 Å². The number of benzene rings is 2. The fourth-order valence-electron chi connectivity index (χ4n) is 4.24. The molecule has 34 heavy (non-hydrogen) atoms. The van der Waals surface area contributed by atoms with Gasteiger partial charge in [0, 0.05) is 24.5 Å². The number of ketones is 1. The number of amides is 1. The van der Waals surface area contributed by atoms with Gasteiger partial charge in [0.15, 0.2) is 11.5 Å².